The first kappa shape index (κ1) is 9.44. The zero-order valence-electron chi connectivity index (χ0n) is 8.53. The minimum atomic E-state index is -0.245. The molecule has 2 bridgehead atoms. The molecule has 0 aromatic carbocycles. The van der Waals surface area contributed by atoms with Gasteiger partial charge in [0.2, 0.25) is 0 Å². The van der Waals surface area contributed by atoms with Crippen molar-refractivity contribution in [3.8, 4) is 0 Å². The van der Waals surface area contributed by atoms with Gasteiger partial charge in [0.15, 0.2) is 0 Å². The van der Waals surface area contributed by atoms with Gasteiger partial charge in [-0.25, -0.2) is 0 Å². The van der Waals surface area contributed by atoms with Crippen molar-refractivity contribution < 1.29 is 5.11 Å². The number of fused-ring (bicyclic) bond motifs is 2. The van der Waals surface area contributed by atoms with Gasteiger partial charge < -0.3 is 10.4 Å². The van der Waals surface area contributed by atoms with E-state index >= 15 is 0 Å². The predicted octanol–water partition coefficient (Wildman–Crippen LogP) is 0.397. The highest BCUT2D eigenvalue weighted by atomic mass is 16.3. The minimum absolute atomic E-state index is 0.245. The summed E-state index contributed by atoms with van der Waals surface area (Å²) >= 11 is 0. The van der Waals surface area contributed by atoms with Crippen molar-refractivity contribution >= 4 is 0 Å². The third-order valence-corrected chi connectivity index (χ3v) is 3.22. The molecule has 2 rings (SSSR count). The van der Waals surface area contributed by atoms with E-state index in [0.29, 0.717) is 18.0 Å². The summed E-state index contributed by atoms with van der Waals surface area (Å²) in [6.07, 6.45) is 2.32. The fourth-order valence-corrected chi connectivity index (χ4v) is 2.47. The molecule has 2 aliphatic heterocycles. The van der Waals surface area contributed by atoms with Gasteiger partial charge in [-0.05, 0) is 18.8 Å². The number of hydrogen-bond donors (Lipinski definition) is 2. The highest BCUT2D eigenvalue weighted by Crippen LogP contribution is 2.22. The van der Waals surface area contributed by atoms with Crippen molar-refractivity contribution in [1.29, 1.82) is 0 Å². The molecule has 2 heterocycles. The fourth-order valence-electron chi connectivity index (χ4n) is 2.47. The van der Waals surface area contributed by atoms with E-state index in [9.17, 15) is 5.11 Å². The maximum absolute atomic E-state index is 9.91. The van der Waals surface area contributed by atoms with Crippen LogP contribution in [0.3, 0.4) is 0 Å². The van der Waals surface area contributed by atoms with Crippen LogP contribution in [0, 0.1) is 5.92 Å². The topological polar surface area (TPSA) is 35.5 Å². The van der Waals surface area contributed by atoms with E-state index in [0.717, 1.165) is 13.1 Å². The predicted molar refractivity (Wildman–Crippen MR) is 52.4 cm³/mol. The molecule has 0 spiro atoms. The molecule has 0 aliphatic carbocycles. The summed E-state index contributed by atoms with van der Waals surface area (Å²) in [5, 5.41) is 13.5. The molecule has 3 unspecified atom stereocenters. The standard InChI is InChI=1S/C10H20N2O/c1-7(2)10(13)12-5-8-3-4-9(6-12)11-8/h7-11,13H,3-6H2,1-2H3. The highest BCUT2D eigenvalue weighted by molar-refractivity contribution is 4.93. The van der Waals surface area contributed by atoms with E-state index in [1.807, 2.05) is 0 Å². The van der Waals surface area contributed by atoms with E-state index < -0.39 is 0 Å². The van der Waals surface area contributed by atoms with E-state index in [1.54, 1.807) is 0 Å². The van der Waals surface area contributed by atoms with E-state index in [4.69, 9.17) is 0 Å². The molecule has 3 atom stereocenters. The summed E-state index contributed by atoms with van der Waals surface area (Å²) in [7, 11) is 0. The molecule has 0 radical (unpaired) electrons. The van der Waals surface area contributed by atoms with Crippen molar-refractivity contribution in [2.75, 3.05) is 13.1 Å². The molecule has 0 saturated carbocycles. The summed E-state index contributed by atoms with van der Waals surface area (Å²) in [5.74, 6) is 0.345. The Morgan fingerprint density at radius 1 is 1.23 bits per heavy atom. The maximum Gasteiger partial charge on any atom is 0.109 e. The Bertz CT molecular complexity index is 172. The summed E-state index contributed by atoms with van der Waals surface area (Å²) in [5.41, 5.74) is 0. The molecule has 2 fully saturated rings. The number of aliphatic hydroxyl groups is 1. The molecule has 2 N–H and O–H groups in total. The van der Waals surface area contributed by atoms with E-state index in [1.165, 1.54) is 12.8 Å². The summed E-state index contributed by atoms with van der Waals surface area (Å²) in [6.45, 7) is 6.20. The van der Waals surface area contributed by atoms with Crippen LogP contribution in [-0.4, -0.2) is 41.4 Å². The second-order valence-corrected chi connectivity index (χ2v) is 4.75. The molecule has 3 nitrogen and oxygen atoms in total. The van der Waals surface area contributed by atoms with Gasteiger partial charge in [-0.3, -0.25) is 4.90 Å². The second-order valence-electron chi connectivity index (χ2n) is 4.75. The first-order valence-corrected chi connectivity index (χ1v) is 5.35. The van der Waals surface area contributed by atoms with Gasteiger partial charge in [-0.1, -0.05) is 13.8 Å². The van der Waals surface area contributed by atoms with Gasteiger partial charge in [0, 0.05) is 25.2 Å². The second kappa shape index (κ2) is 3.56. The van der Waals surface area contributed by atoms with Crippen molar-refractivity contribution in [2.45, 2.75) is 45.0 Å². The van der Waals surface area contributed by atoms with Crippen LogP contribution >= 0.6 is 0 Å². The van der Waals surface area contributed by atoms with Crippen molar-refractivity contribution in [3.63, 3.8) is 0 Å². The molecular formula is C10H20N2O. The number of piperazine rings is 1. The van der Waals surface area contributed by atoms with Crippen LogP contribution in [0.4, 0.5) is 0 Å². The smallest absolute Gasteiger partial charge is 0.109 e. The lowest BCUT2D eigenvalue weighted by molar-refractivity contribution is -0.0450. The molecular weight excluding hydrogens is 164 g/mol. The normalized spacial score (nSPS) is 36.9. The number of likely N-dealkylation sites (tertiary alicyclic amines) is 1. The first-order chi connectivity index (χ1) is 6.16. The Morgan fingerprint density at radius 2 is 1.77 bits per heavy atom. The quantitative estimate of drug-likeness (QED) is 0.652. The van der Waals surface area contributed by atoms with Crippen LogP contribution in [0.2, 0.25) is 0 Å². The summed E-state index contributed by atoms with van der Waals surface area (Å²) in [4.78, 5) is 2.23. The zero-order chi connectivity index (χ0) is 9.42. The Labute approximate surface area is 80.1 Å². The number of nitrogens with one attached hydrogen (secondary N) is 1. The zero-order valence-corrected chi connectivity index (χ0v) is 8.53. The average molecular weight is 184 g/mol. The molecule has 13 heavy (non-hydrogen) atoms. The molecule has 3 heteroatoms. The van der Waals surface area contributed by atoms with Crippen LogP contribution in [0.5, 0.6) is 0 Å². The van der Waals surface area contributed by atoms with Crippen LogP contribution < -0.4 is 5.32 Å². The van der Waals surface area contributed by atoms with Crippen LogP contribution in [0.15, 0.2) is 0 Å². The molecule has 76 valence electrons. The number of hydrogen-bond acceptors (Lipinski definition) is 3. The Morgan fingerprint density at radius 3 is 2.23 bits per heavy atom. The third-order valence-electron chi connectivity index (χ3n) is 3.22. The minimum Gasteiger partial charge on any atom is -0.378 e. The van der Waals surface area contributed by atoms with E-state index in [-0.39, 0.29) is 6.23 Å². The van der Waals surface area contributed by atoms with Crippen LogP contribution in [0.25, 0.3) is 0 Å². The monoisotopic (exact) mass is 184 g/mol. The van der Waals surface area contributed by atoms with Gasteiger partial charge in [0.1, 0.15) is 6.23 Å². The number of nitrogens with zero attached hydrogens (tertiary/aromatic N) is 1. The lowest BCUT2D eigenvalue weighted by Crippen LogP contribution is -2.55. The van der Waals surface area contributed by atoms with E-state index in [2.05, 4.69) is 24.1 Å². The molecule has 2 aliphatic rings. The van der Waals surface area contributed by atoms with Gasteiger partial charge in [0.05, 0.1) is 0 Å². The number of rotatable bonds is 2. The van der Waals surface area contributed by atoms with Crippen LogP contribution in [0.1, 0.15) is 26.7 Å². The Balaban J connectivity index is 1.94. The van der Waals surface area contributed by atoms with Gasteiger partial charge in [0.25, 0.3) is 0 Å². The molecule has 0 aromatic heterocycles. The Hall–Kier alpha value is -0.120. The third kappa shape index (κ3) is 1.87. The van der Waals surface area contributed by atoms with Crippen molar-refractivity contribution in [2.24, 2.45) is 5.92 Å². The van der Waals surface area contributed by atoms with Gasteiger partial charge in [-0.15, -0.1) is 0 Å². The fraction of sp³-hybridized carbons (Fsp3) is 1.00. The largest absolute Gasteiger partial charge is 0.378 e. The lowest BCUT2D eigenvalue weighted by Gasteiger charge is -2.37. The van der Waals surface area contributed by atoms with Crippen molar-refractivity contribution in [1.82, 2.24) is 10.2 Å². The lowest BCUT2D eigenvalue weighted by atomic mass is 10.1. The maximum atomic E-state index is 9.91. The van der Waals surface area contributed by atoms with Crippen LogP contribution in [-0.2, 0) is 0 Å². The number of aliphatic hydroxyl groups excluding tert-OH is 1. The van der Waals surface area contributed by atoms with Gasteiger partial charge >= 0.3 is 0 Å². The SMILES string of the molecule is CC(C)C(O)N1CC2CCC(C1)N2. The van der Waals surface area contributed by atoms with Gasteiger partial charge in [-0.2, -0.15) is 0 Å². The Kier molecular flexibility index (Phi) is 2.58. The van der Waals surface area contributed by atoms with Crippen molar-refractivity contribution in [3.05, 3.63) is 0 Å². The summed E-state index contributed by atoms with van der Waals surface area (Å²) < 4.78 is 0. The molecule has 0 amide bonds. The summed E-state index contributed by atoms with van der Waals surface area (Å²) in [6, 6.07) is 1.26. The average Bonchev–Trinajstić information content (AvgIpc) is 2.44. The first-order valence-electron chi connectivity index (χ1n) is 5.35. The molecule has 2 saturated heterocycles. The molecule has 0 aromatic rings. The highest BCUT2D eigenvalue weighted by Gasteiger charge is 2.35.